The summed E-state index contributed by atoms with van der Waals surface area (Å²) in [7, 11) is 0. The molecule has 0 atom stereocenters. The Balaban J connectivity index is 0.00000161. The molecule has 2 aromatic carbocycles. The molecule has 0 saturated heterocycles. The predicted molar refractivity (Wildman–Crippen MR) is 92.5 cm³/mol. The summed E-state index contributed by atoms with van der Waals surface area (Å²) < 4.78 is 2.27. The largest absolute Gasteiger partial charge is 0.343 e. The molecule has 1 aromatic heterocycles. The molecule has 3 rings (SSSR count). The first kappa shape index (κ1) is 15.9. The summed E-state index contributed by atoms with van der Waals surface area (Å²) in [6, 6.07) is 16.5. The van der Waals surface area contributed by atoms with Crippen LogP contribution < -0.4 is 5.73 Å². The minimum Gasteiger partial charge on any atom is -0.343 e. The van der Waals surface area contributed by atoms with Gasteiger partial charge in [-0.05, 0) is 42.3 Å². The lowest BCUT2D eigenvalue weighted by Crippen LogP contribution is -2.02. The van der Waals surface area contributed by atoms with Crippen molar-refractivity contribution in [3.63, 3.8) is 0 Å². The number of halogens is 2. The van der Waals surface area contributed by atoms with Gasteiger partial charge in [-0.1, -0.05) is 41.9 Å². The number of nitrogens with zero attached hydrogens (tertiary/aromatic N) is 1. The van der Waals surface area contributed by atoms with Crippen molar-refractivity contribution in [3.05, 3.63) is 70.9 Å². The first-order valence-corrected chi connectivity index (χ1v) is 7.17. The second-order valence-electron chi connectivity index (χ2n) is 4.97. The molecule has 1 heterocycles. The van der Waals surface area contributed by atoms with Crippen LogP contribution in [0.25, 0.3) is 10.9 Å². The number of nitrogens with two attached hydrogens (primary N) is 1. The van der Waals surface area contributed by atoms with Gasteiger partial charge in [0, 0.05) is 28.7 Å². The highest BCUT2D eigenvalue weighted by atomic mass is 35.5. The molecule has 0 amide bonds. The summed E-state index contributed by atoms with van der Waals surface area (Å²) >= 11 is 6.06. The van der Waals surface area contributed by atoms with Gasteiger partial charge in [0.25, 0.3) is 0 Å². The monoisotopic (exact) mass is 320 g/mol. The van der Waals surface area contributed by atoms with E-state index in [9.17, 15) is 0 Å². The number of para-hydroxylation sites is 1. The Hall–Kier alpha value is -1.48. The molecule has 2 N–H and O–H groups in total. The van der Waals surface area contributed by atoms with Crippen molar-refractivity contribution in [3.8, 4) is 0 Å². The third kappa shape index (κ3) is 3.41. The van der Waals surface area contributed by atoms with E-state index in [1.807, 2.05) is 18.2 Å². The maximum absolute atomic E-state index is 6.06. The Morgan fingerprint density at radius 3 is 2.62 bits per heavy atom. The van der Waals surface area contributed by atoms with Crippen LogP contribution in [0.5, 0.6) is 0 Å². The molecule has 0 aliphatic carbocycles. The molecule has 3 aromatic rings. The van der Waals surface area contributed by atoms with Gasteiger partial charge in [-0.25, -0.2) is 0 Å². The van der Waals surface area contributed by atoms with E-state index in [2.05, 4.69) is 41.1 Å². The van der Waals surface area contributed by atoms with E-state index in [0.717, 1.165) is 18.0 Å². The Morgan fingerprint density at radius 1 is 1.05 bits per heavy atom. The van der Waals surface area contributed by atoms with E-state index in [-0.39, 0.29) is 12.4 Å². The van der Waals surface area contributed by atoms with Crippen LogP contribution in [0, 0.1) is 0 Å². The first-order valence-electron chi connectivity index (χ1n) is 6.79. The van der Waals surface area contributed by atoms with Gasteiger partial charge < -0.3 is 10.3 Å². The Bertz CT molecular complexity index is 734. The molecule has 0 spiro atoms. The van der Waals surface area contributed by atoms with Crippen molar-refractivity contribution >= 4 is 34.9 Å². The minimum atomic E-state index is 0. The molecule has 0 bridgehead atoms. The number of benzene rings is 2. The summed E-state index contributed by atoms with van der Waals surface area (Å²) in [4.78, 5) is 0. The second kappa shape index (κ2) is 6.99. The normalized spacial score (nSPS) is 10.6. The van der Waals surface area contributed by atoms with Gasteiger partial charge in [0.15, 0.2) is 0 Å². The molecule has 0 fully saturated rings. The van der Waals surface area contributed by atoms with Gasteiger partial charge in [0.1, 0.15) is 0 Å². The number of hydrogen-bond donors (Lipinski definition) is 1. The first-order chi connectivity index (χ1) is 9.78. The predicted octanol–water partition coefficient (Wildman–Crippen LogP) is 4.27. The molecule has 0 saturated carbocycles. The van der Waals surface area contributed by atoms with Gasteiger partial charge in [0.2, 0.25) is 0 Å². The van der Waals surface area contributed by atoms with E-state index in [1.54, 1.807) is 0 Å². The van der Waals surface area contributed by atoms with Gasteiger partial charge >= 0.3 is 0 Å². The zero-order valence-corrected chi connectivity index (χ0v) is 13.2. The molecule has 21 heavy (non-hydrogen) atoms. The summed E-state index contributed by atoms with van der Waals surface area (Å²) in [6.45, 7) is 1.50. The summed E-state index contributed by atoms with van der Waals surface area (Å²) in [5, 5.41) is 2.07. The number of fused-ring (bicyclic) bond motifs is 1. The standard InChI is InChI=1S/C17H17ClN2.ClH/c18-15-5-3-4-13(10-15)11-20-12-14(8-9-19)16-6-1-2-7-17(16)20;/h1-7,10,12H,8-9,11,19H2;1H. The van der Waals surface area contributed by atoms with Crippen LogP contribution in [0.4, 0.5) is 0 Å². The van der Waals surface area contributed by atoms with Crippen molar-refractivity contribution in [1.82, 2.24) is 4.57 Å². The highest BCUT2D eigenvalue weighted by Gasteiger charge is 2.07. The molecule has 0 aliphatic rings. The Labute approximate surface area is 135 Å². The summed E-state index contributed by atoms with van der Waals surface area (Å²) in [6.07, 6.45) is 3.11. The Kier molecular flexibility index (Phi) is 5.29. The van der Waals surface area contributed by atoms with Gasteiger partial charge in [-0.15, -0.1) is 12.4 Å². The van der Waals surface area contributed by atoms with Crippen molar-refractivity contribution in [1.29, 1.82) is 0 Å². The average Bonchev–Trinajstić information content (AvgIpc) is 2.78. The quantitative estimate of drug-likeness (QED) is 0.764. The summed E-state index contributed by atoms with van der Waals surface area (Å²) in [5.41, 5.74) is 9.47. The lowest BCUT2D eigenvalue weighted by atomic mass is 10.1. The lowest BCUT2D eigenvalue weighted by molar-refractivity contribution is 0.827. The molecule has 0 unspecified atom stereocenters. The zero-order chi connectivity index (χ0) is 13.9. The van der Waals surface area contributed by atoms with E-state index >= 15 is 0 Å². The molecule has 110 valence electrons. The summed E-state index contributed by atoms with van der Waals surface area (Å²) in [5.74, 6) is 0. The van der Waals surface area contributed by atoms with Crippen molar-refractivity contribution in [2.75, 3.05) is 6.54 Å². The molecule has 0 aliphatic heterocycles. The maximum atomic E-state index is 6.06. The minimum absolute atomic E-state index is 0. The van der Waals surface area contributed by atoms with Crippen LogP contribution in [-0.2, 0) is 13.0 Å². The molecule has 2 nitrogen and oxygen atoms in total. The van der Waals surface area contributed by atoms with Crippen molar-refractivity contribution < 1.29 is 0 Å². The number of hydrogen-bond acceptors (Lipinski definition) is 1. The topological polar surface area (TPSA) is 30.9 Å². The molecular weight excluding hydrogens is 303 g/mol. The second-order valence-corrected chi connectivity index (χ2v) is 5.40. The maximum Gasteiger partial charge on any atom is 0.0486 e. The molecule has 4 heteroatoms. The van der Waals surface area contributed by atoms with Crippen LogP contribution in [0.15, 0.2) is 54.7 Å². The SMILES string of the molecule is Cl.NCCc1cn(Cc2cccc(Cl)c2)c2ccccc12. The van der Waals surface area contributed by atoms with Gasteiger partial charge in [0.05, 0.1) is 0 Å². The van der Waals surface area contributed by atoms with Crippen LogP contribution in [0.3, 0.4) is 0 Å². The van der Waals surface area contributed by atoms with E-state index in [0.29, 0.717) is 6.54 Å². The fourth-order valence-corrected chi connectivity index (χ4v) is 2.85. The third-order valence-electron chi connectivity index (χ3n) is 3.53. The van der Waals surface area contributed by atoms with Crippen molar-refractivity contribution in [2.24, 2.45) is 5.73 Å². The highest BCUT2D eigenvalue weighted by Crippen LogP contribution is 2.23. The highest BCUT2D eigenvalue weighted by molar-refractivity contribution is 6.30. The molecular formula is C17H18Cl2N2. The number of rotatable bonds is 4. The van der Waals surface area contributed by atoms with Crippen LogP contribution in [-0.4, -0.2) is 11.1 Å². The third-order valence-corrected chi connectivity index (χ3v) is 3.76. The number of aromatic nitrogens is 1. The Morgan fingerprint density at radius 2 is 1.86 bits per heavy atom. The fraction of sp³-hybridized carbons (Fsp3) is 0.176. The van der Waals surface area contributed by atoms with Crippen LogP contribution >= 0.6 is 24.0 Å². The fourth-order valence-electron chi connectivity index (χ4n) is 2.64. The van der Waals surface area contributed by atoms with E-state index in [1.165, 1.54) is 22.0 Å². The molecule has 0 radical (unpaired) electrons. The van der Waals surface area contributed by atoms with Crippen LogP contribution in [0.2, 0.25) is 5.02 Å². The smallest absolute Gasteiger partial charge is 0.0486 e. The van der Waals surface area contributed by atoms with Gasteiger partial charge in [-0.2, -0.15) is 0 Å². The lowest BCUT2D eigenvalue weighted by Gasteiger charge is -2.06. The average molecular weight is 321 g/mol. The van der Waals surface area contributed by atoms with E-state index < -0.39 is 0 Å². The van der Waals surface area contributed by atoms with Crippen molar-refractivity contribution in [2.45, 2.75) is 13.0 Å². The van der Waals surface area contributed by atoms with Gasteiger partial charge in [-0.3, -0.25) is 0 Å². The van der Waals surface area contributed by atoms with Crippen LogP contribution in [0.1, 0.15) is 11.1 Å². The van der Waals surface area contributed by atoms with E-state index in [4.69, 9.17) is 17.3 Å². The zero-order valence-electron chi connectivity index (χ0n) is 11.6.